The number of carbonyl (C=O) groups excluding carboxylic acids is 2. The van der Waals surface area contributed by atoms with E-state index in [-0.39, 0.29) is 0 Å². The van der Waals surface area contributed by atoms with Gasteiger partial charge in [0.2, 0.25) is 0 Å². The zero-order valence-electron chi connectivity index (χ0n) is 14.5. The average Bonchev–Trinajstić information content (AvgIpc) is 2.93. The van der Waals surface area contributed by atoms with Crippen molar-refractivity contribution in [1.29, 1.82) is 0 Å². The number of nitrogens with zero attached hydrogens (tertiary/aromatic N) is 1. The van der Waals surface area contributed by atoms with Crippen molar-refractivity contribution in [2.24, 2.45) is 0 Å². The molecule has 6 nitrogen and oxygen atoms in total. The smallest absolute Gasteiger partial charge is 0.266 e. The summed E-state index contributed by atoms with van der Waals surface area (Å²) in [5, 5.41) is 0. The topological polar surface area (TPSA) is 81.9 Å². The maximum atomic E-state index is 12.9. The summed E-state index contributed by atoms with van der Waals surface area (Å²) in [4.78, 5) is 26.8. The molecule has 3 aromatic carbocycles. The summed E-state index contributed by atoms with van der Waals surface area (Å²) < 4.78 is 11.1. The van der Waals surface area contributed by atoms with E-state index in [0.29, 0.717) is 39.8 Å². The van der Waals surface area contributed by atoms with E-state index in [9.17, 15) is 9.59 Å². The van der Waals surface area contributed by atoms with Crippen LogP contribution in [0.3, 0.4) is 0 Å². The third-order valence-corrected chi connectivity index (χ3v) is 4.30. The Bertz CT molecular complexity index is 1040. The molecule has 0 atom stereocenters. The zero-order valence-corrected chi connectivity index (χ0v) is 14.5. The Labute approximate surface area is 155 Å². The molecule has 1 heterocycles. The van der Waals surface area contributed by atoms with Crippen LogP contribution in [-0.4, -0.2) is 18.9 Å². The molecule has 0 saturated heterocycles. The van der Waals surface area contributed by atoms with Crippen LogP contribution in [0.4, 0.5) is 11.4 Å². The summed E-state index contributed by atoms with van der Waals surface area (Å²) in [5.41, 5.74) is 7.33. The molecule has 0 saturated carbocycles. The molecule has 4 rings (SSSR count). The Balaban J connectivity index is 1.68. The lowest BCUT2D eigenvalue weighted by atomic mass is 10.1. The Morgan fingerprint density at radius 2 is 1.48 bits per heavy atom. The van der Waals surface area contributed by atoms with Gasteiger partial charge in [-0.2, -0.15) is 0 Å². The molecule has 2 N–H and O–H groups in total. The molecule has 0 spiro atoms. The van der Waals surface area contributed by atoms with Crippen LogP contribution >= 0.6 is 0 Å². The monoisotopic (exact) mass is 360 g/mol. The maximum Gasteiger partial charge on any atom is 0.266 e. The number of anilines is 2. The van der Waals surface area contributed by atoms with Crippen molar-refractivity contribution in [2.45, 2.75) is 0 Å². The van der Waals surface area contributed by atoms with E-state index >= 15 is 0 Å². The molecule has 1 aliphatic rings. The minimum atomic E-state index is -0.415. The number of para-hydroxylation sites is 2. The standard InChI is InChI=1S/C21H16N2O4/c1-26-19-5-3-2-4-18(19)23-20(24)16-11-10-15(12-17(16)21(23)25)27-14-8-6-13(22)7-9-14/h2-12H,22H2,1H3. The Hall–Kier alpha value is -3.80. The molecule has 0 bridgehead atoms. The van der Waals surface area contributed by atoms with Gasteiger partial charge in [0.1, 0.15) is 17.2 Å². The molecular weight excluding hydrogens is 344 g/mol. The minimum Gasteiger partial charge on any atom is -0.495 e. The van der Waals surface area contributed by atoms with Gasteiger partial charge in [0.05, 0.1) is 23.9 Å². The number of rotatable bonds is 4. The number of imide groups is 1. The number of fused-ring (bicyclic) bond motifs is 1. The van der Waals surface area contributed by atoms with Gasteiger partial charge in [-0.15, -0.1) is 0 Å². The first-order valence-electron chi connectivity index (χ1n) is 8.28. The maximum absolute atomic E-state index is 12.9. The van der Waals surface area contributed by atoms with Crippen LogP contribution in [0.25, 0.3) is 0 Å². The third-order valence-electron chi connectivity index (χ3n) is 4.30. The number of amides is 2. The SMILES string of the molecule is COc1ccccc1N1C(=O)c2ccc(Oc3ccc(N)cc3)cc2C1=O. The van der Waals surface area contributed by atoms with Crippen molar-refractivity contribution >= 4 is 23.2 Å². The molecule has 134 valence electrons. The highest BCUT2D eigenvalue weighted by atomic mass is 16.5. The van der Waals surface area contributed by atoms with Crippen LogP contribution in [0.5, 0.6) is 17.2 Å². The van der Waals surface area contributed by atoms with E-state index in [2.05, 4.69) is 0 Å². The Morgan fingerprint density at radius 1 is 0.815 bits per heavy atom. The molecule has 0 radical (unpaired) electrons. The third kappa shape index (κ3) is 2.87. The van der Waals surface area contributed by atoms with E-state index in [1.165, 1.54) is 7.11 Å². The molecule has 0 aliphatic carbocycles. The lowest BCUT2D eigenvalue weighted by molar-refractivity contribution is 0.0925. The number of methoxy groups -OCH3 is 1. The number of nitrogen functional groups attached to an aromatic ring is 1. The van der Waals surface area contributed by atoms with Crippen molar-refractivity contribution in [3.8, 4) is 17.2 Å². The fraction of sp³-hybridized carbons (Fsp3) is 0.0476. The van der Waals surface area contributed by atoms with E-state index < -0.39 is 11.8 Å². The summed E-state index contributed by atoms with van der Waals surface area (Å²) in [6, 6.07) is 18.6. The van der Waals surface area contributed by atoms with Gasteiger partial charge in [0.15, 0.2) is 0 Å². The zero-order chi connectivity index (χ0) is 19.0. The van der Waals surface area contributed by atoms with Crippen molar-refractivity contribution in [3.05, 3.63) is 77.9 Å². The van der Waals surface area contributed by atoms with Gasteiger partial charge in [0, 0.05) is 5.69 Å². The molecule has 2 amide bonds. The normalized spacial score (nSPS) is 12.9. The molecule has 1 aliphatic heterocycles. The minimum absolute atomic E-state index is 0.291. The van der Waals surface area contributed by atoms with E-state index in [0.717, 1.165) is 4.90 Å². The Kier molecular flexibility index (Phi) is 4.01. The van der Waals surface area contributed by atoms with Gasteiger partial charge < -0.3 is 15.2 Å². The van der Waals surface area contributed by atoms with Gasteiger partial charge in [0.25, 0.3) is 11.8 Å². The van der Waals surface area contributed by atoms with Crippen molar-refractivity contribution in [1.82, 2.24) is 0 Å². The predicted molar refractivity (Wildman–Crippen MR) is 102 cm³/mol. The lowest BCUT2D eigenvalue weighted by Gasteiger charge is -2.16. The van der Waals surface area contributed by atoms with Crippen LogP contribution in [0.15, 0.2) is 66.7 Å². The number of carbonyl (C=O) groups is 2. The lowest BCUT2D eigenvalue weighted by Crippen LogP contribution is -2.29. The number of ether oxygens (including phenoxy) is 2. The Morgan fingerprint density at radius 3 is 2.22 bits per heavy atom. The largest absolute Gasteiger partial charge is 0.495 e. The molecule has 6 heteroatoms. The number of hydrogen-bond donors (Lipinski definition) is 1. The van der Waals surface area contributed by atoms with Crippen molar-refractivity contribution in [2.75, 3.05) is 17.7 Å². The highest BCUT2D eigenvalue weighted by Gasteiger charge is 2.38. The van der Waals surface area contributed by atoms with Crippen LogP contribution in [0.1, 0.15) is 20.7 Å². The molecular formula is C21H16N2O4. The first kappa shape index (κ1) is 16.7. The fourth-order valence-electron chi connectivity index (χ4n) is 2.99. The van der Waals surface area contributed by atoms with Crippen molar-refractivity contribution < 1.29 is 19.1 Å². The number of hydrogen-bond acceptors (Lipinski definition) is 5. The first-order chi connectivity index (χ1) is 13.1. The van der Waals surface area contributed by atoms with Gasteiger partial charge in [-0.1, -0.05) is 12.1 Å². The van der Waals surface area contributed by atoms with Gasteiger partial charge in [-0.25, -0.2) is 4.90 Å². The predicted octanol–water partition coefficient (Wildman–Crippen LogP) is 3.87. The molecule has 27 heavy (non-hydrogen) atoms. The molecule has 0 unspecified atom stereocenters. The molecule has 3 aromatic rings. The fourth-order valence-corrected chi connectivity index (χ4v) is 2.99. The summed E-state index contributed by atoms with van der Waals surface area (Å²) >= 11 is 0. The number of nitrogens with two attached hydrogens (primary N) is 1. The average molecular weight is 360 g/mol. The number of benzene rings is 3. The highest BCUT2D eigenvalue weighted by molar-refractivity contribution is 6.35. The van der Waals surface area contributed by atoms with Crippen molar-refractivity contribution in [3.63, 3.8) is 0 Å². The summed E-state index contributed by atoms with van der Waals surface area (Å²) in [6.45, 7) is 0. The second-order valence-corrected chi connectivity index (χ2v) is 6.00. The van der Waals surface area contributed by atoms with Gasteiger partial charge in [-0.05, 0) is 54.6 Å². The van der Waals surface area contributed by atoms with Crippen LogP contribution in [-0.2, 0) is 0 Å². The summed E-state index contributed by atoms with van der Waals surface area (Å²) in [6.07, 6.45) is 0. The van der Waals surface area contributed by atoms with E-state index in [1.54, 1.807) is 66.7 Å². The first-order valence-corrected chi connectivity index (χ1v) is 8.28. The van der Waals surface area contributed by atoms with Gasteiger partial charge >= 0.3 is 0 Å². The van der Waals surface area contributed by atoms with Crippen LogP contribution < -0.4 is 20.1 Å². The van der Waals surface area contributed by atoms with Gasteiger partial charge in [-0.3, -0.25) is 9.59 Å². The van der Waals surface area contributed by atoms with E-state index in [1.807, 2.05) is 0 Å². The highest BCUT2D eigenvalue weighted by Crippen LogP contribution is 2.36. The van der Waals surface area contributed by atoms with Crippen LogP contribution in [0, 0.1) is 0 Å². The quantitative estimate of drug-likeness (QED) is 0.564. The molecule has 0 aromatic heterocycles. The van der Waals surface area contributed by atoms with E-state index in [4.69, 9.17) is 15.2 Å². The summed E-state index contributed by atoms with van der Waals surface area (Å²) in [5.74, 6) is 0.690. The second kappa shape index (κ2) is 6.49. The van der Waals surface area contributed by atoms with Crippen LogP contribution in [0.2, 0.25) is 0 Å². The second-order valence-electron chi connectivity index (χ2n) is 6.00. The molecule has 0 fully saturated rings. The summed E-state index contributed by atoms with van der Waals surface area (Å²) in [7, 11) is 1.50.